The van der Waals surface area contributed by atoms with Crippen LogP contribution >= 0.6 is 11.8 Å². The smallest absolute Gasteiger partial charge is 0.232 e. The fraction of sp³-hybridized carbons (Fsp3) is 0.533. The first-order valence-corrected chi connectivity index (χ1v) is 7.84. The van der Waals surface area contributed by atoms with E-state index in [9.17, 15) is 9.90 Å². The molecule has 1 saturated heterocycles. The van der Waals surface area contributed by atoms with Gasteiger partial charge in [0.15, 0.2) is 0 Å². The molecule has 0 spiro atoms. The van der Waals surface area contributed by atoms with Crippen LogP contribution in [-0.4, -0.2) is 46.1 Å². The van der Waals surface area contributed by atoms with Gasteiger partial charge in [-0.2, -0.15) is 11.8 Å². The van der Waals surface area contributed by atoms with Gasteiger partial charge in [-0.1, -0.05) is 30.3 Å². The fourth-order valence-corrected chi connectivity index (χ4v) is 3.13. The summed E-state index contributed by atoms with van der Waals surface area (Å²) in [6.07, 6.45) is 1.68. The Morgan fingerprint density at radius 1 is 1.42 bits per heavy atom. The fourth-order valence-electron chi connectivity index (χ4n) is 2.24. The summed E-state index contributed by atoms with van der Waals surface area (Å²) in [6, 6.07) is 10.3. The highest BCUT2D eigenvalue weighted by Crippen LogP contribution is 2.21. The van der Waals surface area contributed by atoms with Gasteiger partial charge in [-0.05, 0) is 31.1 Å². The summed E-state index contributed by atoms with van der Waals surface area (Å²) in [5.74, 6) is 1.62. The average Bonchev–Trinajstić information content (AvgIpc) is 2.76. The first kappa shape index (κ1) is 14.4. The molecule has 1 unspecified atom stereocenters. The number of hydrogen-bond donors (Lipinski definition) is 1. The second-order valence-corrected chi connectivity index (χ2v) is 6.46. The summed E-state index contributed by atoms with van der Waals surface area (Å²) < 4.78 is 0. The highest BCUT2D eigenvalue weighted by atomic mass is 32.2. The third kappa shape index (κ3) is 4.55. The minimum Gasteiger partial charge on any atom is -0.388 e. The number of aryl methyl sites for hydroxylation is 1. The van der Waals surface area contributed by atoms with Crippen molar-refractivity contribution in [2.75, 3.05) is 24.6 Å². The summed E-state index contributed by atoms with van der Waals surface area (Å²) in [4.78, 5) is 13.7. The Morgan fingerprint density at radius 3 is 2.79 bits per heavy atom. The van der Waals surface area contributed by atoms with E-state index in [2.05, 4.69) is 12.1 Å². The van der Waals surface area contributed by atoms with Crippen molar-refractivity contribution in [1.29, 1.82) is 0 Å². The summed E-state index contributed by atoms with van der Waals surface area (Å²) in [6.45, 7) is 2.96. The second kappa shape index (κ2) is 6.44. The number of rotatable bonds is 5. The molecule has 0 saturated carbocycles. The van der Waals surface area contributed by atoms with E-state index in [1.807, 2.05) is 18.2 Å². The molecule has 0 aromatic heterocycles. The van der Waals surface area contributed by atoms with Crippen molar-refractivity contribution in [3.63, 3.8) is 0 Å². The van der Waals surface area contributed by atoms with Gasteiger partial charge in [-0.3, -0.25) is 4.79 Å². The molecule has 104 valence electrons. The largest absolute Gasteiger partial charge is 0.388 e. The van der Waals surface area contributed by atoms with E-state index in [4.69, 9.17) is 0 Å². The van der Waals surface area contributed by atoms with Crippen LogP contribution in [0.1, 0.15) is 18.9 Å². The number of thioether (sulfide) groups is 1. The molecule has 0 aliphatic carbocycles. The predicted octanol–water partition coefficient (Wildman–Crippen LogP) is 1.95. The van der Waals surface area contributed by atoms with Gasteiger partial charge >= 0.3 is 0 Å². The monoisotopic (exact) mass is 279 g/mol. The summed E-state index contributed by atoms with van der Waals surface area (Å²) in [5.41, 5.74) is 0.622. The first-order valence-electron chi connectivity index (χ1n) is 6.69. The molecule has 1 heterocycles. The van der Waals surface area contributed by atoms with Crippen LogP contribution < -0.4 is 0 Å². The number of hydrogen-bond acceptors (Lipinski definition) is 3. The molecule has 1 aromatic rings. The van der Waals surface area contributed by atoms with E-state index < -0.39 is 5.60 Å². The van der Waals surface area contributed by atoms with Gasteiger partial charge < -0.3 is 10.0 Å². The van der Waals surface area contributed by atoms with Crippen LogP contribution in [0.15, 0.2) is 30.3 Å². The maximum Gasteiger partial charge on any atom is 0.232 e. The minimum atomic E-state index is -0.690. The summed E-state index contributed by atoms with van der Waals surface area (Å²) >= 11 is 1.67. The van der Waals surface area contributed by atoms with E-state index in [-0.39, 0.29) is 5.91 Å². The number of carbonyl (C=O) groups is 1. The molecule has 1 fully saturated rings. The van der Waals surface area contributed by atoms with E-state index >= 15 is 0 Å². The molecule has 1 amide bonds. The highest BCUT2D eigenvalue weighted by Gasteiger charge is 2.33. The van der Waals surface area contributed by atoms with Crippen LogP contribution in [0.2, 0.25) is 0 Å². The van der Waals surface area contributed by atoms with Crippen LogP contribution in [0, 0.1) is 0 Å². The standard InChI is InChI=1S/C15H21NO2S/c1-15(18)8-9-16(12-15)14(17)11-19-10-7-13-5-3-2-4-6-13/h2-6,18H,7-12H2,1H3. The lowest BCUT2D eigenvalue weighted by Crippen LogP contribution is -2.34. The first-order chi connectivity index (χ1) is 9.07. The Bertz CT molecular complexity index is 419. The lowest BCUT2D eigenvalue weighted by molar-refractivity contribution is -0.128. The van der Waals surface area contributed by atoms with Crippen molar-refractivity contribution in [2.45, 2.75) is 25.4 Å². The van der Waals surface area contributed by atoms with Gasteiger partial charge in [0.25, 0.3) is 0 Å². The molecule has 1 atom stereocenters. The SMILES string of the molecule is CC1(O)CCN(C(=O)CSCCc2ccccc2)C1. The minimum absolute atomic E-state index is 0.149. The van der Waals surface area contributed by atoms with Crippen LogP contribution in [0.5, 0.6) is 0 Å². The maximum atomic E-state index is 11.9. The molecule has 1 N–H and O–H groups in total. The topological polar surface area (TPSA) is 40.5 Å². The Kier molecular flexibility index (Phi) is 4.88. The number of carbonyl (C=O) groups excluding carboxylic acids is 1. The molecule has 0 bridgehead atoms. The molecule has 4 heteroatoms. The van der Waals surface area contributed by atoms with Crippen LogP contribution in [0.25, 0.3) is 0 Å². The van der Waals surface area contributed by atoms with E-state index in [0.717, 1.165) is 12.2 Å². The number of aliphatic hydroxyl groups is 1. The van der Waals surface area contributed by atoms with E-state index in [1.165, 1.54) is 5.56 Å². The highest BCUT2D eigenvalue weighted by molar-refractivity contribution is 7.99. The van der Waals surface area contributed by atoms with Crippen LogP contribution in [0.3, 0.4) is 0 Å². The molecule has 1 aliphatic heterocycles. The third-order valence-corrected chi connectivity index (χ3v) is 4.35. The van der Waals surface area contributed by atoms with Gasteiger partial charge in [0.2, 0.25) is 5.91 Å². The zero-order valence-corrected chi connectivity index (χ0v) is 12.2. The predicted molar refractivity (Wildman–Crippen MR) is 79.3 cm³/mol. The Morgan fingerprint density at radius 2 is 2.16 bits per heavy atom. The van der Waals surface area contributed by atoms with Crippen LogP contribution in [-0.2, 0) is 11.2 Å². The zero-order chi connectivity index (χ0) is 13.7. The number of amides is 1. The zero-order valence-electron chi connectivity index (χ0n) is 11.3. The number of β-amino-alcohol motifs (C(OH)–C–C–N with tert-alkyl or cyclic N) is 1. The number of benzene rings is 1. The van der Waals surface area contributed by atoms with Crippen molar-refractivity contribution in [3.8, 4) is 0 Å². The molecular formula is C15H21NO2S. The molecule has 1 aliphatic rings. The van der Waals surface area contributed by atoms with E-state index in [1.54, 1.807) is 23.6 Å². The quantitative estimate of drug-likeness (QED) is 0.838. The van der Waals surface area contributed by atoms with Crippen molar-refractivity contribution < 1.29 is 9.90 Å². The maximum absolute atomic E-state index is 11.9. The third-order valence-electron chi connectivity index (χ3n) is 3.41. The van der Waals surface area contributed by atoms with Gasteiger partial charge in [0.05, 0.1) is 11.4 Å². The van der Waals surface area contributed by atoms with Gasteiger partial charge in [0.1, 0.15) is 0 Å². The average molecular weight is 279 g/mol. The molecule has 19 heavy (non-hydrogen) atoms. The Hall–Kier alpha value is -1.00. The van der Waals surface area contributed by atoms with E-state index in [0.29, 0.717) is 25.3 Å². The van der Waals surface area contributed by atoms with Gasteiger partial charge in [0, 0.05) is 13.1 Å². The molecule has 1 aromatic carbocycles. The van der Waals surface area contributed by atoms with Crippen LogP contribution in [0.4, 0.5) is 0 Å². The molecule has 0 radical (unpaired) electrons. The number of likely N-dealkylation sites (tertiary alicyclic amines) is 1. The van der Waals surface area contributed by atoms with Crippen molar-refractivity contribution in [3.05, 3.63) is 35.9 Å². The summed E-state index contributed by atoms with van der Waals surface area (Å²) in [5, 5.41) is 9.83. The lowest BCUT2D eigenvalue weighted by atomic mass is 10.1. The normalized spacial score (nSPS) is 22.7. The van der Waals surface area contributed by atoms with Crippen molar-refractivity contribution in [1.82, 2.24) is 4.90 Å². The van der Waals surface area contributed by atoms with Crippen molar-refractivity contribution in [2.24, 2.45) is 0 Å². The van der Waals surface area contributed by atoms with Crippen molar-refractivity contribution >= 4 is 17.7 Å². The van der Waals surface area contributed by atoms with Gasteiger partial charge in [-0.15, -0.1) is 0 Å². The number of nitrogens with zero attached hydrogens (tertiary/aromatic N) is 1. The molecule has 2 rings (SSSR count). The van der Waals surface area contributed by atoms with Gasteiger partial charge in [-0.25, -0.2) is 0 Å². The Labute approximate surface area is 119 Å². The second-order valence-electron chi connectivity index (χ2n) is 5.35. The lowest BCUT2D eigenvalue weighted by Gasteiger charge is -2.18. The molecular weight excluding hydrogens is 258 g/mol. The molecule has 3 nitrogen and oxygen atoms in total. The Balaban J connectivity index is 1.65. The summed E-state index contributed by atoms with van der Waals surface area (Å²) in [7, 11) is 0.